The Morgan fingerprint density at radius 3 is 2.31 bits per heavy atom. The number of hydrogen-bond donors (Lipinski definition) is 1. The van der Waals surface area contributed by atoms with Gasteiger partial charge in [-0.2, -0.15) is 0 Å². The van der Waals surface area contributed by atoms with Crippen molar-refractivity contribution in [3.8, 4) is 11.5 Å². The van der Waals surface area contributed by atoms with Crippen LogP contribution in [0.3, 0.4) is 0 Å². The summed E-state index contributed by atoms with van der Waals surface area (Å²) in [6, 6.07) is 17.4. The molecular weight excluding hydrogens is 442 g/mol. The summed E-state index contributed by atoms with van der Waals surface area (Å²) in [7, 11) is 1.63. The van der Waals surface area contributed by atoms with Gasteiger partial charge < -0.3 is 19.7 Å². The number of ether oxygens (including phenoxy) is 2. The average Bonchev–Trinajstić information content (AvgIpc) is 2.89. The van der Waals surface area contributed by atoms with E-state index in [9.17, 15) is 9.59 Å². The van der Waals surface area contributed by atoms with Crippen LogP contribution in [-0.4, -0.2) is 66.5 Å². The first-order valence-corrected chi connectivity index (χ1v) is 12.6. The van der Waals surface area contributed by atoms with Crippen LogP contribution in [0.4, 0.5) is 0 Å². The molecule has 2 aliphatic heterocycles. The number of piperazine rings is 1. The lowest BCUT2D eigenvalue weighted by atomic mass is 9.80. The Labute approximate surface area is 208 Å². The number of piperidine rings is 1. The van der Waals surface area contributed by atoms with Gasteiger partial charge in [-0.3, -0.25) is 14.5 Å². The molecule has 1 N–H and O–H groups in total. The van der Waals surface area contributed by atoms with Crippen LogP contribution < -0.4 is 10.1 Å². The normalized spacial score (nSPS) is 21.1. The number of para-hydroxylation sites is 1. The summed E-state index contributed by atoms with van der Waals surface area (Å²) >= 11 is 0. The number of hydrogen-bond acceptors (Lipinski definition) is 5. The number of likely N-dealkylation sites (tertiary alicyclic amines) is 1. The number of rotatable bonds is 9. The molecule has 2 aromatic rings. The van der Waals surface area contributed by atoms with Crippen molar-refractivity contribution in [2.45, 2.75) is 51.2 Å². The highest BCUT2D eigenvalue weighted by atomic mass is 16.5. The molecule has 7 heteroatoms. The van der Waals surface area contributed by atoms with E-state index in [0.29, 0.717) is 26.0 Å². The predicted octanol–water partition coefficient (Wildman–Crippen LogP) is 3.83. The molecule has 7 nitrogen and oxygen atoms in total. The zero-order valence-corrected chi connectivity index (χ0v) is 21.0. The van der Waals surface area contributed by atoms with Gasteiger partial charge in [-0.1, -0.05) is 50.6 Å². The van der Waals surface area contributed by atoms with Crippen LogP contribution in [0.5, 0.6) is 11.5 Å². The monoisotopic (exact) mass is 479 g/mol. The molecule has 2 aromatic carbocycles. The van der Waals surface area contributed by atoms with Gasteiger partial charge in [0.2, 0.25) is 11.8 Å². The molecule has 0 bridgehead atoms. The smallest absolute Gasteiger partial charge is 0.246 e. The average molecular weight is 480 g/mol. The third-order valence-corrected chi connectivity index (χ3v) is 7.48. The van der Waals surface area contributed by atoms with E-state index < -0.39 is 11.6 Å². The minimum atomic E-state index is -0.788. The number of amides is 2. The second-order valence-electron chi connectivity index (χ2n) is 9.69. The molecule has 2 saturated heterocycles. The molecule has 1 spiro atoms. The van der Waals surface area contributed by atoms with Gasteiger partial charge >= 0.3 is 0 Å². The van der Waals surface area contributed by atoms with Crippen LogP contribution in [0, 0.1) is 5.92 Å². The fourth-order valence-electron chi connectivity index (χ4n) is 5.09. The number of carbonyl (C=O) groups excluding carboxylic acids is 2. The van der Waals surface area contributed by atoms with Gasteiger partial charge in [-0.05, 0) is 48.6 Å². The van der Waals surface area contributed by atoms with E-state index in [1.165, 1.54) is 5.56 Å². The topological polar surface area (TPSA) is 71.1 Å². The Hall–Kier alpha value is -2.90. The molecule has 35 heavy (non-hydrogen) atoms. The Kier molecular flexibility index (Phi) is 8.08. The quantitative estimate of drug-likeness (QED) is 0.592. The molecule has 4 rings (SSSR count). The van der Waals surface area contributed by atoms with E-state index in [2.05, 4.69) is 22.3 Å². The SMILES string of the molecule is CC[C@H](C)[C@@H]1NC(=O)C2(CCN(Cc3ccc(Oc4ccccc4)cc3)CC2)N(CCOC)C1=O. The van der Waals surface area contributed by atoms with Crippen LogP contribution in [0.2, 0.25) is 0 Å². The summed E-state index contributed by atoms with van der Waals surface area (Å²) in [5, 5.41) is 3.07. The van der Waals surface area contributed by atoms with Crippen molar-refractivity contribution in [2.75, 3.05) is 33.4 Å². The number of benzene rings is 2. The van der Waals surface area contributed by atoms with E-state index in [0.717, 1.165) is 37.6 Å². The maximum absolute atomic E-state index is 13.4. The third-order valence-electron chi connectivity index (χ3n) is 7.48. The van der Waals surface area contributed by atoms with Gasteiger partial charge in [0.1, 0.15) is 23.1 Å². The fraction of sp³-hybridized carbons (Fsp3) is 0.500. The van der Waals surface area contributed by atoms with Crippen molar-refractivity contribution in [2.24, 2.45) is 5.92 Å². The number of methoxy groups -OCH3 is 1. The molecule has 0 radical (unpaired) electrons. The van der Waals surface area contributed by atoms with Crippen LogP contribution in [0.15, 0.2) is 54.6 Å². The molecule has 0 unspecified atom stereocenters. The fourth-order valence-corrected chi connectivity index (χ4v) is 5.09. The van der Waals surface area contributed by atoms with Gasteiger partial charge in [-0.15, -0.1) is 0 Å². The first-order chi connectivity index (χ1) is 17.0. The van der Waals surface area contributed by atoms with Crippen LogP contribution in [-0.2, 0) is 20.9 Å². The highest BCUT2D eigenvalue weighted by molar-refractivity contribution is 6.00. The third kappa shape index (κ3) is 5.52. The van der Waals surface area contributed by atoms with Crippen LogP contribution >= 0.6 is 0 Å². The van der Waals surface area contributed by atoms with Gasteiger partial charge in [0.25, 0.3) is 0 Å². The number of carbonyl (C=O) groups is 2. The molecule has 2 atom stereocenters. The van der Waals surface area contributed by atoms with E-state index in [1.54, 1.807) is 7.11 Å². The maximum atomic E-state index is 13.4. The Bertz CT molecular complexity index is 987. The lowest BCUT2D eigenvalue weighted by Gasteiger charge is -2.52. The van der Waals surface area contributed by atoms with Crippen molar-refractivity contribution >= 4 is 11.8 Å². The minimum absolute atomic E-state index is 0.0134. The predicted molar refractivity (Wildman–Crippen MR) is 135 cm³/mol. The molecule has 188 valence electrons. The molecule has 2 heterocycles. The highest BCUT2D eigenvalue weighted by Crippen LogP contribution is 2.35. The summed E-state index contributed by atoms with van der Waals surface area (Å²) in [6.07, 6.45) is 2.08. The summed E-state index contributed by atoms with van der Waals surface area (Å²) in [5.74, 6) is 1.73. The molecule has 2 fully saturated rings. The Balaban J connectivity index is 1.39. The first-order valence-electron chi connectivity index (χ1n) is 12.6. The minimum Gasteiger partial charge on any atom is -0.457 e. The Morgan fingerprint density at radius 2 is 1.69 bits per heavy atom. The highest BCUT2D eigenvalue weighted by Gasteiger charge is 2.54. The molecular formula is C28H37N3O4. The van der Waals surface area contributed by atoms with Gasteiger partial charge in [0, 0.05) is 33.3 Å². The molecule has 0 aliphatic carbocycles. The van der Waals surface area contributed by atoms with Gasteiger partial charge in [-0.25, -0.2) is 0 Å². The lowest BCUT2D eigenvalue weighted by molar-refractivity contribution is -0.163. The molecule has 2 aliphatic rings. The lowest BCUT2D eigenvalue weighted by Crippen LogP contribution is -2.74. The van der Waals surface area contributed by atoms with E-state index in [1.807, 2.05) is 61.2 Å². The van der Waals surface area contributed by atoms with Crippen molar-refractivity contribution in [3.63, 3.8) is 0 Å². The van der Waals surface area contributed by atoms with Crippen molar-refractivity contribution < 1.29 is 19.1 Å². The standard InChI is InChI=1S/C28H37N3O4/c1-4-21(2)25-26(32)31(18-19-34-3)28(27(33)29-25)14-16-30(17-15-28)20-22-10-12-24(13-11-22)35-23-8-6-5-7-9-23/h5-13,21,25H,4,14-20H2,1-3H3,(H,29,33)/t21-,25-/m0/s1. The second-order valence-corrected chi connectivity index (χ2v) is 9.69. The van der Waals surface area contributed by atoms with Crippen molar-refractivity contribution in [3.05, 3.63) is 60.2 Å². The zero-order chi connectivity index (χ0) is 24.8. The van der Waals surface area contributed by atoms with Crippen molar-refractivity contribution in [1.82, 2.24) is 15.1 Å². The van der Waals surface area contributed by atoms with E-state index in [4.69, 9.17) is 9.47 Å². The van der Waals surface area contributed by atoms with Crippen LogP contribution in [0.1, 0.15) is 38.7 Å². The summed E-state index contributed by atoms with van der Waals surface area (Å²) in [6.45, 7) is 7.24. The molecule has 0 aromatic heterocycles. The summed E-state index contributed by atoms with van der Waals surface area (Å²) in [4.78, 5) is 31.0. The van der Waals surface area contributed by atoms with Gasteiger partial charge in [0.05, 0.1) is 6.61 Å². The number of nitrogens with one attached hydrogen (secondary N) is 1. The van der Waals surface area contributed by atoms with Gasteiger partial charge in [0.15, 0.2) is 0 Å². The second kappa shape index (κ2) is 11.2. The zero-order valence-electron chi connectivity index (χ0n) is 21.0. The molecule has 2 amide bonds. The summed E-state index contributed by atoms with van der Waals surface area (Å²) in [5.41, 5.74) is 0.405. The maximum Gasteiger partial charge on any atom is 0.246 e. The van der Waals surface area contributed by atoms with E-state index in [-0.39, 0.29) is 17.7 Å². The van der Waals surface area contributed by atoms with Crippen LogP contribution in [0.25, 0.3) is 0 Å². The largest absolute Gasteiger partial charge is 0.457 e. The molecule has 0 saturated carbocycles. The Morgan fingerprint density at radius 1 is 1.03 bits per heavy atom. The van der Waals surface area contributed by atoms with Crippen molar-refractivity contribution in [1.29, 1.82) is 0 Å². The first kappa shape index (κ1) is 25.2. The summed E-state index contributed by atoms with van der Waals surface area (Å²) < 4.78 is 11.2. The van der Waals surface area contributed by atoms with E-state index >= 15 is 0 Å². The number of nitrogens with zero attached hydrogens (tertiary/aromatic N) is 2.